The normalized spacial score (nSPS) is 20.7. The minimum atomic E-state index is -1.39. The number of halogens is 1. The Labute approximate surface area is 185 Å². The SMILES string of the molecule is O=C(NC1(C(=O)Nc2ccc(Cl)cn2)C=CC=CN1)C1CCN(c2ccncc2)CC1. The van der Waals surface area contributed by atoms with Crippen molar-refractivity contribution in [3.05, 3.63) is 72.3 Å². The van der Waals surface area contributed by atoms with Crippen molar-refractivity contribution in [3.63, 3.8) is 0 Å². The third-order valence-corrected chi connectivity index (χ3v) is 5.63. The number of piperidine rings is 1. The molecular formula is C22H23ClN6O2. The van der Waals surface area contributed by atoms with Gasteiger partial charge in [0.05, 0.1) is 5.02 Å². The van der Waals surface area contributed by atoms with Crippen LogP contribution in [-0.4, -0.2) is 40.5 Å². The van der Waals surface area contributed by atoms with E-state index < -0.39 is 11.6 Å². The Morgan fingerprint density at radius 2 is 1.90 bits per heavy atom. The van der Waals surface area contributed by atoms with E-state index in [1.807, 2.05) is 12.1 Å². The molecule has 3 N–H and O–H groups in total. The molecule has 8 nitrogen and oxygen atoms in total. The van der Waals surface area contributed by atoms with Crippen LogP contribution in [0, 0.1) is 5.92 Å². The van der Waals surface area contributed by atoms with Crippen LogP contribution in [0.25, 0.3) is 0 Å². The minimum Gasteiger partial charge on any atom is -0.371 e. The van der Waals surface area contributed by atoms with Crippen molar-refractivity contribution in [3.8, 4) is 0 Å². The van der Waals surface area contributed by atoms with Gasteiger partial charge < -0.3 is 20.9 Å². The first-order valence-electron chi connectivity index (χ1n) is 10.1. The summed E-state index contributed by atoms with van der Waals surface area (Å²) in [5, 5.41) is 9.09. The van der Waals surface area contributed by atoms with Gasteiger partial charge in [0.15, 0.2) is 0 Å². The molecular weight excluding hydrogens is 416 g/mol. The number of aromatic nitrogens is 2. The van der Waals surface area contributed by atoms with Crippen LogP contribution in [0.1, 0.15) is 12.8 Å². The fourth-order valence-corrected chi connectivity index (χ4v) is 3.79. The zero-order chi connectivity index (χ0) is 21.7. The van der Waals surface area contributed by atoms with Crippen molar-refractivity contribution in [2.75, 3.05) is 23.3 Å². The molecule has 4 rings (SSSR count). The summed E-state index contributed by atoms with van der Waals surface area (Å²) in [6.45, 7) is 1.53. The number of nitrogens with one attached hydrogen (secondary N) is 3. The molecule has 4 heterocycles. The van der Waals surface area contributed by atoms with Gasteiger partial charge in [0, 0.05) is 43.3 Å². The van der Waals surface area contributed by atoms with Crippen molar-refractivity contribution >= 4 is 34.9 Å². The first kappa shape index (κ1) is 20.9. The van der Waals surface area contributed by atoms with Gasteiger partial charge in [0.1, 0.15) is 5.82 Å². The first-order valence-corrected chi connectivity index (χ1v) is 10.5. The van der Waals surface area contributed by atoms with Gasteiger partial charge in [-0.1, -0.05) is 17.7 Å². The lowest BCUT2D eigenvalue weighted by Gasteiger charge is -2.36. The van der Waals surface area contributed by atoms with Crippen molar-refractivity contribution in [2.24, 2.45) is 5.92 Å². The van der Waals surface area contributed by atoms with Crippen LogP contribution in [0.2, 0.25) is 5.02 Å². The highest BCUT2D eigenvalue weighted by atomic mass is 35.5. The maximum absolute atomic E-state index is 13.1. The van der Waals surface area contributed by atoms with E-state index in [9.17, 15) is 9.59 Å². The van der Waals surface area contributed by atoms with Crippen LogP contribution >= 0.6 is 11.6 Å². The number of carbonyl (C=O) groups is 2. The van der Waals surface area contributed by atoms with Crippen molar-refractivity contribution < 1.29 is 9.59 Å². The lowest BCUT2D eigenvalue weighted by atomic mass is 9.94. The maximum Gasteiger partial charge on any atom is 0.276 e. The summed E-state index contributed by atoms with van der Waals surface area (Å²) < 4.78 is 0. The number of nitrogens with zero attached hydrogens (tertiary/aromatic N) is 3. The van der Waals surface area contributed by atoms with Crippen molar-refractivity contribution in [1.29, 1.82) is 0 Å². The molecule has 2 aromatic heterocycles. The number of amides is 2. The van der Waals surface area contributed by atoms with Gasteiger partial charge in [-0.2, -0.15) is 0 Å². The molecule has 0 bridgehead atoms. The second-order valence-electron chi connectivity index (χ2n) is 7.44. The van der Waals surface area contributed by atoms with Crippen LogP contribution in [0.3, 0.4) is 0 Å². The highest BCUT2D eigenvalue weighted by molar-refractivity contribution is 6.30. The Kier molecular flexibility index (Phi) is 6.18. The molecule has 31 heavy (non-hydrogen) atoms. The highest BCUT2D eigenvalue weighted by Crippen LogP contribution is 2.24. The Bertz CT molecular complexity index is 987. The summed E-state index contributed by atoms with van der Waals surface area (Å²) >= 11 is 5.86. The number of rotatable bonds is 5. The van der Waals surface area contributed by atoms with Gasteiger partial charge >= 0.3 is 0 Å². The fraction of sp³-hybridized carbons (Fsp3) is 0.273. The van der Waals surface area contributed by atoms with Gasteiger partial charge in [-0.05, 0) is 55.5 Å². The molecule has 160 valence electrons. The van der Waals surface area contributed by atoms with E-state index in [2.05, 4.69) is 30.8 Å². The quantitative estimate of drug-likeness (QED) is 0.663. The topological polar surface area (TPSA) is 99.2 Å². The molecule has 0 aromatic carbocycles. The Morgan fingerprint density at radius 1 is 1.13 bits per heavy atom. The number of hydrogen-bond donors (Lipinski definition) is 3. The number of allylic oxidation sites excluding steroid dienone is 2. The predicted octanol–water partition coefficient (Wildman–Crippen LogP) is 2.47. The van der Waals surface area contributed by atoms with Gasteiger partial charge in [0.25, 0.3) is 5.91 Å². The molecule has 2 aliphatic heterocycles. The molecule has 0 spiro atoms. The van der Waals surface area contributed by atoms with Gasteiger partial charge in [-0.3, -0.25) is 14.6 Å². The van der Waals surface area contributed by atoms with Crippen molar-refractivity contribution in [1.82, 2.24) is 20.6 Å². The minimum absolute atomic E-state index is 0.166. The molecule has 0 radical (unpaired) electrons. The van der Waals surface area contributed by atoms with Crippen LogP contribution in [-0.2, 0) is 9.59 Å². The summed E-state index contributed by atoms with van der Waals surface area (Å²) in [6, 6.07) is 7.17. The van der Waals surface area contributed by atoms with E-state index >= 15 is 0 Å². The summed E-state index contributed by atoms with van der Waals surface area (Å²) in [5.41, 5.74) is -0.294. The number of hydrogen-bond acceptors (Lipinski definition) is 6. The van der Waals surface area contributed by atoms with Gasteiger partial charge in [0.2, 0.25) is 11.6 Å². The van der Waals surface area contributed by atoms with E-state index in [1.54, 1.807) is 49.0 Å². The largest absolute Gasteiger partial charge is 0.371 e. The third kappa shape index (κ3) is 4.86. The van der Waals surface area contributed by atoms with E-state index in [0.29, 0.717) is 23.7 Å². The van der Waals surface area contributed by atoms with Crippen LogP contribution in [0.5, 0.6) is 0 Å². The van der Waals surface area contributed by atoms with E-state index in [4.69, 9.17) is 11.6 Å². The fourth-order valence-electron chi connectivity index (χ4n) is 3.67. The Hall–Kier alpha value is -3.39. The zero-order valence-corrected chi connectivity index (χ0v) is 17.5. The summed E-state index contributed by atoms with van der Waals surface area (Å²) in [5.74, 6) is -0.442. The molecule has 2 aromatic rings. The molecule has 2 amide bonds. The van der Waals surface area contributed by atoms with Gasteiger partial charge in [-0.15, -0.1) is 0 Å². The molecule has 9 heteroatoms. The first-order chi connectivity index (χ1) is 15.1. The molecule has 0 aliphatic carbocycles. The summed E-state index contributed by atoms with van der Waals surface area (Å²) in [7, 11) is 0. The molecule has 1 saturated heterocycles. The second kappa shape index (κ2) is 9.18. The highest BCUT2D eigenvalue weighted by Gasteiger charge is 2.40. The lowest BCUT2D eigenvalue weighted by molar-refractivity contribution is -0.132. The van der Waals surface area contributed by atoms with E-state index in [0.717, 1.165) is 18.8 Å². The standard InChI is InChI=1S/C22H23ClN6O2/c23-17-3-4-19(25-15-17)27-21(31)22(9-1-2-10-26-22)28-20(30)16-7-13-29(14-8-16)18-5-11-24-12-6-18/h1-6,9-12,15-16,26H,7-8,13-14H2,(H,28,30)(H,25,27,31). The van der Waals surface area contributed by atoms with Gasteiger partial charge in [-0.25, -0.2) is 4.98 Å². The van der Waals surface area contributed by atoms with Crippen LogP contribution in [0.4, 0.5) is 11.5 Å². The smallest absolute Gasteiger partial charge is 0.276 e. The molecule has 1 unspecified atom stereocenters. The second-order valence-corrected chi connectivity index (χ2v) is 7.88. The monoisotopic (exact) mass is 438 g/mol. The Balaban J connectivity index is 1.41. The maximum atomic E-state index is 13.1. The number of pyridine rings is 2. The van der Waals surface area contributed by atoms with Crippen LogP contribution < -0.4 is 20.9 Å². The van der Waals surface area contributed by atoms with E-state index in [-0.39, 0.29) is 11.8 Å². The molecule has 2 aliphatic rings. The molecule has 0 saturated carbocycles. The number of dihydropyridines is 1. The average molecular weight is 439 g/mol. The lowest BCUT2D eigenvalue weighted by Crippen LogP contribution is -2.65. The Morgan fingerprint density at radius 3 is 2.55 bits per heavy atom. The third-order valence-electron chi connectivity index (χ3n) is 5.41. The summed E-state index contributed by atoms with van der Waals surface area (Å²) in [4.78, 5) is 36.5. The van der Waals surface area contributed by atoms with Crippen LogP contribution in [0.15, 0.2) is 67.3 Å². The summed E-state index contributed by atoms with van der Waals surface area (Å²) in [6.07, 6.45) is 13.1. The molecule has 1 atom stereocenters. The van der Waals surface area contributed by atoms with E-state index in [1.165, 1.54) is 6.20 Å². The predicted molar refractivity (Wildman–Crippen MR) is 119 cm³/mol. The average Bonchev–Trinajstić information content (AvgIpc) is 2.82. The number of carbonyl (C=O) groups excluding carboxylic acids is 2. The molecule has 1 fully saturated rings. The van der Waals surface area contributed by atoms with Crippen molar-refractivity contribution in [2.45, 2.75) is 18.5 Å². The zero-order valence-electron chi connectivity index (χ0n) is 16.8. The number of anilines is 2.